The maximum atomic E-state index is 12.0. The third kappa shape index (κ3) is 3.69. The molecule has 4 heteroatoms. The molecule has 18 heavy (non-hydrogen) atoms. The summed E-state index contributed by atoms with van der Waals surface area (Å²) in [5.41, 5.74) is 0.190. The van der Waals surface area contributed by atoms with Crippen LogP contribution in [0.3, 0.4) is 0 Å². The van der Waals surface area contributed by atoms with Crippen molar-refractivity contribution in [1.82, 2.24) is 16.0 Å². The summed E-state index contributed by atoms with van der Waals surface area (Å²) in [6.45, 7) is 10.8. The predicted molar refractivity (Wildman–Crippen MR) is 73.4 cm³/mol. The van der Waals surface area contributed by atoms with Gasteiger partial charge in [-0.15, -0.1) is 0 Å². The minimum atomic E-state index is 0.0950. The summed E-state index contributed by atoms with van der Waals surface area (Å²) in [5, 5.41) is 10.1. The van der Waals surface area contributed by atoms with E-state index in [9.17, 15) is 4.79 Å². The first-order chi connectivity index (χ1) is 8.26. The van der Waals surface area contributed by atoms with E-state index in [1.165, 1.54) is 0 Å². The Morgan fingerprint density at radius 1 is 1.17 bits per heavy atom. The lowest BCUT2D eigenvalue weighted by Gasteiger charge is -2.46. The minimum Gasteiger partial charge on any atom is -0.353 e. The fourth-order valence-electron chi connectivity index (χ4n) is 3.47. The third-order valence-electron chi connectivity index (χ3n) is 3.90. The highest BCUT2D eigenvalue weighted by atomic mass is 16.1. The van der Waals surface area contributed by atoms with Gasteiger partial charge in [-0.25, -0.2) is 0 Å². The van der Waals surface area contributed by atoms with Crippen LogP contribution in [0.2, 0.25) is 0 Å². The smallest absolute Gasteiger partial charge is 0.220 e. The number of rotatable bonds is 3. The molecule has 2 rings (SSSR count). The van der Waals surface area contributed by atoms with Crippen LogP contribution in [0.25, 0.3) is 0 Å². The molecule has 2 aliphatic rings. The maximum absolute atomic E-state index is 12.0. The summed E-state index contributed by atoms with van der Waals surface area (Å²) in [6, 6.07) is 0.303. The van der Waals surface area contributed by atoms with Crippen LogP contribution in [-0.2, 0) is 4.79 Å². The summed E-state index contributed by atoms with van der Waals surface area (Å²) < 4.78 is 0. The molecule has 2 aliphatic heterocycles. The van der Waals surface area contributed by atoms with Crippen molar-refractivity contribution in [2.45, 2.75) is 64.1 Å². The quantitative estimate of drug-likeness (QED) is 0.704. The second-order valence-corrected chi connectivity index (χ2v) is 7.29. The highest BCUT2D eigenvalue weighted by Gasteiger charge is 2.38. The molecule has 3 N–H and O–H groups in total. The van der Waals surface area contributed by atoms with Crippen molar-refractivity contribution in [3.8, 4) is 0 Å². The molecule has 0 aromatic heterocycles. The van der Waals surface area contributed by atoms with E-state index in [2.05, 4.69) is 43.6 Å². The van der Waals surface area contributed by atoms with Crippen LogP contribution in [-0.4, -0.2) is 36.1 Å². The Balaban J connectivity index is 1.85. The van der Waals surface area contributed by atoms with Gasteiger partial charge in [-0.05, 0) is 59.5 Å². The Labute approximate surface area is 110 Å². The Bertz CT molecular complexity index is 305. The SMILES string of the molecule is CC1(C)CC(NC(=O)CC2CNC2)CC(C)(C)N1. The number of carbonyl (C=O) groups is 1. The summed E-state index contributed by atoms with van der Waals surface area (Å²) in [4.78, 5) is 12.0. The van der Waals surface area contributed by atoms with E-state index < -0.39 is 0 Å². The van der Waals surface area contributed by atoms with Crippen molar-refractivity contribution in [1.29, 1.82) is 0 Å². The van der Waals surface area contributed by atoms with E-state index in [-0.39, 0.29) is 17.0 Å². The number of hydrogen-bond donors (Lipinski definition) is 3. The van der Waals surface area contributed by atoms with E-state index >= 15 is 0 Å². The second-order valence-electron chi connectivity index (χ2n) is 7.29. The molecule has 1 amide bonds. The highest BCUT2D eigenvalue weighted by Crippen LogP contribution is 2.28. The lowest BCUT2D eigenvalue weighted by atomic mass is 9.79. The van der Waals surface area contributed by atoms with Gasteiger partial charge in [-0.1, -0.05) is 0 Å². The minimum absolute atomic E-state index is 0.0950. The van der Waals surface area contributed by atoms with Crippen molar-refractivity contribution in [2.24, 2.45) is 5.92 Å². The molecule has 0 aromatic carbocycles. The number of piperidine rings is 1. The van der Waals surface area contributed by atoms with Crippen molar-refractivity contribution < 1.29 is 4.79 Å². The average Bonchev–Trinajstić information content (AvgIpc) is 2.05. The fraction of sp³-hybridized carbons (Fsp3) is 0.929. The van der Waals surface area contributed by atoms with E-state index in [1.807, 2.05) is 0 Å². The van der Waals surface area contributed by atoms with Crippen LogP contribution >= 0.6 is 0 Å². The van der Waals surface area contributed by atoms with Gasteiger partial charge in [0.25, 0.3) is 0 Å². The predicted octanol–water partition coefficient (Wildman–Crippen LogP) is 1.02. The van der Waals surface area contributed by atoms with E-state index in [4.69, 9.17) is 0 Å². The van der Waals surface area contributed by atoms with Gasteiger partial charge in [0.1, 0.15) is 0 Å². The first-order valence-corrected chi connectivity index (χ1v) is 7.05. The van der Waals surface area contributed by atoms with Crippen molar-refractivity contribution >= 4 is 5.91 Å². The highest BCUT2D eigenvalue weighted by molar-refractivity contribution is 5.76. The van der Waals surface area contributed by atoms with Crippen molar-refractivity contribution in [3.63, 3.8) is 0 Å². The van der Waals surface area contributed by atoms with Gasteiger partial charge in [0.15, 0.2) is 0 Å². The molecule has 0 aromatic rings. The van der Waals surface area contributed by atoms with Crippen molar-refractivity contribution in [3.05, 3.63) is 0 Å². The molecule has 0 bridgehead atoms. The number of amides is 1. The molecule has 2 fully saturated rings. The fourth-order valence-corrected chi connectivity index (χ4v) is 3.47. The first kappa shape index (κ1) is 13.8. The molecule has 0 radical (unpaired) electrons. The van der Waals surface area contributed by atoms with Gasteiger partial charge < -0.3 is 16.0 Å². The Kier molecular flexibility index (Phi) is 3.70. The van der Waals surface area contributed by atoms with Gasteiger partial charge in [-0.2, -0.15) is 0 Å². The van der Waals surface area contributed by atoms with Crippen LogP contribution < -0.4 is 16.0 Å². The van der Waals surface area contributed by atoms with Gasteiger partial charge in [-0.3, -0.25) is 4.79 Å². The van der Waals surface area contributed by atoms with Crippen molar-refractivity contribution in [2.75, 3.05) is 13.1 Å². The monoisotopic (exact) mass is 253 g/mol. The van der Waals surface area contributed by atoms with Gasteiger partial charge in [0.05, 0.1) is 0 Å². The van der Waals surface area contributed by atoms with E-state index in [0.29, 0.717) is 18.4 Å². The van der Waals surface area contributed by atoms with Crippen LogP contribution in [0.15, 0.2) is 0 Å². The topological polar surface area (TPSA) is 53.2 Å². The number of nitrogens with one attached hydrogen (secondary N) is 3. The second kappa shape index (κ2) is 4.82. The molecular formula is C14H27N3O. The molecule has 2 saturated heterocycles. The van der Waals surface area contributed by atoms with Crippen LogP contribution in [0.5, 0.6) is 0 Å². The van der Waals surface area contributed by atoms with E-state index in [0.717, 1.165) is 25.9 Å². The van der Waals surface area contributed by atoms with Gasteiger partial charge in [0, 0.05) is 23.5 Å². The summed E-state index contributed by atoms with van der Waals surface area (Å²) in [7, 11) is 0. The third-order valence-corrected chi connectivity index (χ3v) is 3.90. The Morgan fingerprint density at radius 2 is 1.72 bits per heavy atom. The standard InChI is InChI=1S/C14H27N3O/c1-13(2)6-11(7-14(3,4)17-13)16-12(18)5-10-8-15-9-10/h10-11,15,17H,5-9H2,1-4H3,(H,16,18). The Morgan fingerprint density at radius 3 is 2.17 bits per heavy atom. The maximum Gasteiger partial charge on any atom is 0.220 e. The number of hydrogen-bond acceptors (Lipinski definition) is 3. The Hall–Kier alpha value is -0.610. The summed E-state index contributed by atoms with van der Waals surface area (Å²) >= 11 is 0. The zero-order chi connectivity index (χ0) is 13.4. The van der Waals surface area contributed by atoms with E-state index in [1.54, 1.807) is 0 Å². The van der Waals surface area contributed by atoms with Gasteiger partial charge in [0.2, 0.25) is 5.91 Å². The largest absolute Gasteiger partial charge is 0.353 e. The molecule has 2 heterocycles. The summed E-state index contributed by atoms with van der Waals surface area (Å²) in [5.74, 6) is 0.771. The molecule has 0 saturated carbocycles. The molecule has 104 valence electrons. The van der Waals surface area contributed by atoms with Crippen LogP contribution in [0.1, 0.15) is 47.0 Å². The lowest BCUT2D eigenvalue weighted by molar-refractivity contribution is -0.123. The summed E-state index contributed by atoms with van der Waals surface area (Å²) in [6.07, 6.45) is 2.69. The zero-order valence-corrected chi connectivity index (χ0v) is 12.1. The normalized spacial score (nSPS) is 27.6. The van der Waals surface area contributed by atoms with Gasteiger partial charge >= 0.3 is 0 Å². The average molecular weight is 253 g/mol. The molecule has 4 nitrogen and oxygen atoms in total. The molecular weight excluding hydrogens is 226 g/mol. The molecule has 0 aliphatic carbocycles. The zero-order valence-electron chi connectivity index (χ0n) is 12.1. The number of carbonyl (C=O) groups excluding carboxylic acids is 1. The lowest BCUT2D eigenvalue weighted by Crippen LogP contribution is -2.62. The van der Waals surface area contributed by atoms with Crippen LogP contribution in [0, 0.1) is 5.92 Å². The molecule has 0 atom stereocenters. The first-order valence-electron chi connectivity index (χ1n) is 7.05. The van der Waals surface area contributed by atoms with Crippen LogP contribution in [0.4, 0.5) is 0 Å². The molecule has 0 spiro atoms. The molecule has 0 unspecified atom stereocenters.